The maximum absolute atomic E-state index is 11.3. The molecule has 0 aliphatic heterocycles. The molecular weight excluding hydrogens is 288 g/mol. The van der Waals surface area contributed by atoms with Gasteiger partial charge in [-0.15, -0.1) is 0 Å². The van der Waals surface area contributed by atoms with Crippen LogP contribution in [0, 0.1) is 0 Å². The second-order valence-corrected chi connectivity index (χ2v) is 5.47. The molecule has 6 heteroatoms. The lowest BCUT2D eigenvalue weighted by Gasteiger charge is -2.11. The topological polar surface area (TPSA) is 72.2 Å². The van der Waals surface area contributed by atoms with Gasteiger partial charge in [0.15, 0.2) is 5.16 Å². The molecule has 0 radical (unpaired) electrons. The zero-order valence-corrected chi connectivity index (χ0v) is 12.5. The van der Waals surface area contributed by atoms with Crippen molar-refractivity contribution >= 4 is 17.7 Å². The van der Waals surface area contributed by atoms with Crippen LogP contribution >= 0.6 is 11.8 Å². The van der Waals surface area contributed by atoms with Crippen LogP contribution in [-0.2, 0) is 17.8 Å². The Balaban J connectivity index is 2.21. The van der Waals surface area contributed by atoms with Crippen LogP contribution in [0.25, 0.3) is 0 Å². The van der Waals surface area contributed by atoms with E-state index in [1.54, 1.807) is 10.8 Å². The zero-order valence-electron chi connectivity index (χ0n) is 11.7. The molecule has 0 spiro atoms. The SMILES string of the molecule is CCc1ccc(Cn2ccc(=O)nc2SCC(=O)O)cc1. The molecular formula is C15H16N2O3S. The minimum Gasteiger partial charge on any atom is -0.481 e. The molecule has 0 saturated heterocycles. The molecule has 0 aliphatic carbocycles. The molecule has 1 N–H and O–H groups in total. The van der Waals surface area contributed by atoms with Crippen LogP contribution in [0.15, 0.2) is 46.5 Å². The largest absolute Gasteiger partial charge is 0.481 e. The van der Waals surface area contributed by atoms with Gasteiger partial charge < -0.3 is 9.67 Å². The first kappa shape index (κ1) is 15.3. The van der Waals surface area contributed by atoms with Crippen LogP contribution in [0.1, 0.15) is 18.1 Å². The lowest BCUT2D eigenvalue weighted by Crippen LogP contribution is -2.15. The van der Waals surface area contributed by atoms with E-state index >= 15 is 0 Å². The number of thioether (sulfide) groups is 1. The normalized spacial score (nSPS) is 10.5. The number of carboxylic acid groups (broad SMARTS) is 1. The first-order valence-corrected chi connectivity index (χ1v) is 7.57. The number of benzene rings is 1. The minimum absolute atomic E-state index is 0.120. The highest BCUT2D eigenvalue weighted by Gasteiger charge is 2.07. The number of rotatable bonds is 6. The Morgan fingerprint density at radius 1 is 1.24 bits per heavy atom. The molecule has 0 unspecified atom stereocenters. The smallest absolute Gasteiger partial charge is 0.313 e. The average Bonchev–Trinajstić information content (AvgIpc) is 2.48. The fourth-order valence-corrected chi connectivity index (χ4v) is 2.55. The molecule has 0 amide bonds. The summed E-state index contributed by atoms with van der Waals surface area (Å²) in [5.41, 5.74) is 1.98. The Kier molecular flexibility index (Phi) is 5.16. The molecule has 0 atom stereocenters. The number of aromatic nitrogens is 2. The van der Waals surface area contributed by atoms with E-state index in [1.807, 2.05) is 12.1 Å². The Hall–Kier alpha value is -2.08. The third-order valence-electron chi connectivity index (χ3n) is 2.96. The summed E-state index contributed by atoms with van der Waals surface area (Å²) in [7, 11) is 0. The third kappa shape index (κ3) is 4.46. The van der Waals surface area contributed by atoms with Gasteiger partial charge in [-0.05, 0) is 17.5 Å². The fourth-order valence-electron chi connectivity index (χ4n) is 1.85. The van der Waals surface area contributed by atoms with Crippen LogP contribution in [0.2, 0.25) is 0 Å². The molecule has 1 aromatic carbocycles. The van der Waals surface area contributed by atoms with Crippen molar-refractivity contribution in [1.82, 2.24) is 9.55 Å². The lowest BCUT2D eigenvalue weighted by molar-refractivity contribution is -0.133. The van der Waals surface area contributed by atoms with Crippen molar-refractivity contribution in [1.29, 1.82) is 0 Å². The highest BCUT2D eigenvalue weighted by molar-refractivity contribution is 7.99. The molecule has 2 aromatic rings. The Labute approximate surface area is 126 Å². The van der Waals surface area contributed by atoms with Crippen molar-refractivity contribution in [3.63, 3.8) is 0 Å². The van der Waals surface area contributed by atoms with E-state index in [0.717, 1.165) is 23.7 Å². The molecule has 1 heterocycles. The maximum Gasteiger partial charge on any atom is 0.313 e. The molecule has 5 nitrogen and oxygen atoms in total. The van der Waals surface area contributed by atoms with Crippen molar-refractivity contribution in [3.05, 3.63) is 58.0 Å². The number of nitrogens with zero attached hydrogens (tertiary/aromatic N) is 2. The number of carboxylic acids is 1. The van der Waals surface area contributed by atoms with E-state index in [2.05, 4.69) is 24.0 Å². The van der Waals surface area contributed by atoms with Crippen molar-refractivity contribution in [2.24, 2.45) is 0 Å². The summed E-state index contributed by atoms with van der Waals surface area (Å²) in [4.78, 5) is 25.9. The third-order valence-corrected chi connectivity index (χ3v) is 3.93. The molecule has 1 aromatic heterocycles. The van der Waals surface area contributed by atoms with Gasteiger partial charge in [0.25, 0.3) is 5.56 Å². The van der Waals surface area contributed by atoms with Gasteiger partial charge in [-0.3, -0.25) is 9.59 Å². The molecule has 0 bridgehead atoms. The summed E-state index contributed by atoms with van der Waals surface area (Å²) in [6.45, 7) is 2.65. The predicted molar refractivity (Wildman–Crippen MR) is 81.8 cm³/mol. The second-order valence-electron chi connectivity index (χ2n) is 4.53. The molecule has 0 aliphatic rings. The van der Waals surface area contributed by atoms with Gasteiger partial charge in [0.2, 0.25) is 0 Å². The van der Waals surface area contributed by atoms with Gasteiger partial charge in [0, 0.05) is 18.8 Å². The summed E-state index contributed by atoms with van der Waals surface area (Å²) in [5.74, 6) is -1.05. The van der Waals surface area contributed by atoms with Crippen molar-refractivity contribution in [3.8, 4) is 0 Å². The lowest BCUT2D eigenvalue weighted by atomic mass is 10.1. The van der Waals surface area contributed by atoms with E-state index in [0.29, 0.717) is 11.7 Å². The number of hydrogen-bond acceptors (Lipinski definition) is 4. The van der Waals surface area contributed by atoms with E-state index < -0.39 is 5.97 Å². The van der Waals surface area contributed by atoms with Crippen molar-refractivity contribution in [2.75, 3.05) is 5.75 Å². The highest BCUT2D eigenvalue weighted by Crippen LogP contribution is 2.15. The highest BCUT2D eigenvalue weighted by atomic mass is 32.2. The van der Waals surface area contributed by atoms with Crippen molar-refractivity contribution in [2.45, 2.75) is 25.0 Å². The van der Waals surface area contributed by atoms with Crippen molar-refractivity contribution < 1.29 is 9.90 Å². The minimum atomic E-state index is -0.933. The Bertz CT molecular complexity index is 680. The average molecular weight is 304 g/mol. The van der Waals surface area contributed by atoms with Gasteiger partial charge in [-0.25, -0.2) is 0 Å². The van der Waals surface area contributed by atoms with E-state index in [-0.39, 0.29) is 11.3 Å². The quantitative estimate of drug-likeness (QED) is 0.653. The number of hydrogen-bond donors (Lipinski definition) is 1. The summed E-state index contributed by atoms with van der Waals surface area (Å²) in [6.07, 6.45) is 2.63. The standard InChI is InChI=1S/C15H16N2O3S/c1-2-11-3-5-12(6-4-11)9-17-8-7-13(18)16-15(17)21-10-14(19)20/h3-8H,2,9-10H2,1H3,(H,19,20). The predicted octanol–water partition coefficient (Wildman–Crippen LogP) is 2.03. The van der Waals surface area contributed by atoms with Gasteiger partial charge in [0.1, 0.15) is 0 Å². The van der Waals surface area contributed by atoms with E-state index in [4.69, 9.17) is 5.11 Å². The summed E-state index contributed by atoms with van der Waals surface area (Å²) >= 11 is 1.05. The number of aryl methyl sites for hydroxylation is 1. The van der Waals surface area contributed by atoms with Crippen LogP contribution in [-0.4, -0.2) is 26.4 Å². The molecule has 21 heavy (non-hydrogen) atoms. The van der Waals surface area contributed by atoms with Crippen LogP contribution in [0.3, 0.4) is 0 Å². The monoisotopic (exact) mass is 304 g/mol. The van der Waals surface area contributed by atoms with Gasteiger partial charge in [0.05, 0.1) is 5.75 Å². The number of carbonyl (C=O) groups is 1. The summed E-state index contributed by atoms with van der Waals surface area (Å²) in [6, 6.07) is 9.57. The summed E-state index contributed by atoms with van der Waals surface area (Å²) in [5, 5.41) is 9.17. The molecule has 2 rings (SSSR count). The first-order valence-electron chi connectivity index (χ1n) is 6.58. The van der Waals surface area contributed by atoms with Crippen LogP contribution < -0.4 is 5.56 Å². The van der Waals surface area contributed by atoms with Crippen LogP contribution in [0.5, 0.6) is 0 Å². The van der Waals surface area contributed by atoms with E-state index in [1.165, 1.54) is 11.6 Å². The molecule has 0 saturated carbocycles. The second kappa shape index (κ2) is 7.08. The van der Waals surface area contributed by atoms with Gasteiger partial charge in [-0.2, -0.15) is 4.98 Å². The maximum atomic E-state index is 11.3. The summed E-state index contributed by atoms with van der Waals surface area (Å²) < 4.78 is 1.79. The van der Waals surface area contributed by atoms with Crippen LogP contribution in [0.4, 0.5) is 0 Å². The fraction of sp³-hybridized carbons (Fsp3) is 0.267. The Morgan fingerprint density at radius 3 is 2.52 bits per heavy atom. The molecule has 110 valence electrons. The number of aliphatic carboxylic acids is 1. The molecule has 0 fully saturated rings. The first-order chi connectivity index (χ1) is 10.1. The Morgan fingerprint density at radius 2 is 1.90 bits per heavy atom. The van der Waals surface area contributed by atoms with Gasteiger partial charge in [-0.1, -0.05) is 43.0 Å². The van der Waals surface area contributed by atoms with Gasteiger partial charge >= 0.3 is 5.97 Å². The van der Waals surface area contributed by atoms with E-state index in [9.17, 15) is 9.59 Å². The zero-order chi connectivity index (χ0) is 15.2.